The molecule has 0 saturated heterocycles. The molecule has 0 atom stereocenters. The lowest BCUT2D eigenvalue weighted by atomic mass is 10.2. The van der Waals surface area contributed by atoms with Gasteiger partial charge in [0.05, 0.1) is 24.2 Å². The van der Waals surface area contributed by atoms with Crippen molar-refractivity contribution in [2.24, 2.45) is 0 Å². The number of para-hydroxylation sites is 1. The molecule has 0 aliphatic heterocycles. The van der Waals surface area contributed by atoms with Crippen LogP contribution < -0.4 is 9.64 Å². The number of hydrogen-bond acceptors (Lipinski definition) is 5. The van der Waals surface area contributed by atoms with Gasteiger partial charge in [0, 0.05) is 12.2 Å². The number of nitriles is 1. The summed E-state index contributed by atoms with van der Waals surface area (Å²) in [5.41, 5.74) is 0.992. The van der Waals surface area contributed by atoms with E-state index in [4.69, 9.17) is 14.7 Å². The van der Waals surface area contributed by atoms with Gasteiger partial charge in [-0.2, -0.15) is 5.26 Å². The number of carbonyl (C=O) groups is 2. The molecule has 0 saturated carbocycles. The van der Waals surface area contributed by atoms with Gasteiger partial charge in [-0.05, 0) is 50.2 Å². The molecule has 0 aliphatic rings. The van der Waals surface area contributed by atoms with Gasteiger partial charge in [0.1, 0.15) is 5.75 Å². The normalized spacial score (nSPS) is 10.1. The van der Waals surface area contributed by atoms with Crippen LogP contribution in [-0.2, 0) is 9.53 Å². The summed E-state index contributed by atoms with van der Waals surface area (Å²) in [5, 5.41) is 8.80. The van der Waals surface area contributed by atoms with E-state index in [1.165, 1.54) is 4.90 Å². The number of carbonyl (C=O) groups excluding carboxylic acids is 2. The maximum Gasteiger partial charge on any atom is 0.338 e. The van der Waals surface area contributed by atoms with Crippen molar-refractivity contribution in [3.05, 3.63) is 60.2 Å². The second kappa shape index (κ2) is 9.97. The lowest BCUT2D eigenvalue weighted by Gasteiger charge is -2.21. The van der Waals surface area contributed by atoms with Crippen LogP contribution in [0, 0.1) is 11.3 Å². The number of amides is 1. The summed E-state index contributed by atoms with van der Waals surface area (Å²) in [6.45, 7) is 3.67. The first-order chi connectivity index (χ1) is 13.0. The zero-order valence-electron chi connectivity index (χ0n) is 15.4. The average Bonchev–Trinajstić information content (AvgIpc) is 2.67. The van der Waals surface area contributed by atoms with Crippen molar-refractivity contribution in [3.63, 3.8) is 0 Å². The third-order valence-electron chi connectivity index (χ3n) is 3.60. The van der Waals surface area contributed by atoms with E-state index < -0.39 is 12.6 Å². The van der Waals surface area contributed by atoms with Crippen LogP contribution in [0.3, 0.4) is 0 Å². The van der Waals surface area contributed by atoms with Crippen molar-refractivity contribution < 1.29 is 19.1 Å². The minimum atomic E-state index is -0.590. The number of esters is 1. The van der Waals surface area contributed by atoms with Crippen LogP contribution in [0.4, 0.5) is 5.69 Å². The Morgan fingerprint density at radius 3 is 2.33 bits per heavy atom. The fraction of sp³-hybridized carbons (Fsp3) is 0.286. The Balaban J connectivity index is 1.97. The van der Waals surface area contributed by atoms with Crippen LogP contribution in [0.2, 0.25) is 0 Å². The maximum atomic E-state index is 12.5. The summed E-state index contributed by atoms with van der Waals surface area (Å²) in [5.74, 6) is -0.318. The Kier molecular flexibility index (Phi) is 7.38. The lowest BCUT2D eigenvalue weighted by molar-refractivity contribution is -0.121. The molecular formula is C21H22N2O4. The van der Waals surface area contributed by atoms with Gasteiger partial charge in [-0.15, -0.1) is 0 Å². The molecule has 0 heterocycles. The molecule has 2 aromatic rings. The van der Waals surface area contributed by atoms with Gasteiger partial charge in [-0.3, -0.25) is 4.79 Å². The molecule has 0 unspecified atom stereocenters. The highest BCUT2D eigenvalue weighted by Gasteiger charge is 2.18. The maximum absolute atomic E-state index is 12.5. The molecule has 6 heteroatoms. The van der Waals surface area contributed by atoms with E-state index in [-0.39, 0.29) is 25.0 Å². The molecule has 6 nitrogen and oxygen atoms in total. The zero-order chi connectivity index (χ0) is 19.6. The van der Waals surface area contributed by atoms with Gasteiger partial charge in [0.25, 0.3) is 5.91 Å². The molecule has 1 amide bonds. The first-order valence-electron chi connectivity index (χ1n) is 8.67. The topological polar surface area (TPSA) is 79.6 Å². The zero-order valence-corrected chi connectivity index (χ0v) is 15.4. The number of rotatable bonds is 8. The number of nitrogens with zero attached hydrogens (tertiary/aromatic N) is 2. The molecule has 0 spiro atoms. The highest BCUT2D eigenvalue weighted by atomic mass is 16.5. The van der Waals surface area contributed by atoms with Gasteiger partial charge in [-0.1, -0.05) is 18.2 Å². The summed E-state index contributed by atoms with van der Waals surface area (Å²) in [7, 11) is 0. The predicted molar refractivity (Wildman–Crippen MR) is 102 cm³/mol. The van der Waals surface area contributed by atoms with Crippen LogP contribution >= 0.6 is 0 Å². The molecule has 2 rings (SSSR count). The Labute approximate surface area is 158 Å². The summed E-state index contributed by atoms with van der Waals surface area (Å²) in [6, 6.07) is 17.5. The number of anilines is 1. The van der Waals surface area contributed by atoms with E-state index in [9.17, 15) is 9.59 Å². The molecule has 0 radical (unpaired) electrons. The fourth-order valence-corrected chi connectivity index (χ4v) is 2.40. The first kappa shape index (κ1) is 20.0. The van der Waals surface area contributed by atoms with Gasteiger partial charge in [0.15, 0.2) is 6.61 Å². The summed E-state index contributed by atoms with van der Waals surface area (Å²) < 4.78 is 10.7. The summed E-state index contributed by atoms with van der Waals surface area (Å²) in [4.78, 5) is 26.1. The lowest BCUT2D eigenvalue weighted by Crippen LogP contribution is -2.35. The minimum Gasteiger partial charge on any atom is -0.491 e. The Hall–Kier alpha value is -3.33. The van der Waals surface area contributed by atoms with Gasteiger partial charge in [0.2, 0.25) is 0 Å². The monoisotopic (exact) mass is 366 g/mol. The quantitative estimate of drug-likeness (QED) is 0.667. The highest BCUT2D eigenvalue weighted by molar-refractivity contribution is 5.97. The van der Waals surface area contributed by atoms with Crippen LogP contribution in [0.25, 0.3) is 0 Å². The van der Waals surface area contributed by atoms with Crippen LogP contribution in [0.15, 0.2) is 54.6 Å². The third kappa shape index (κ3) is 6.15. The van der Waals surface area contributed by atoms with Crippen molar-refractivity contribution in [2.75, 3.05) is 18.1 Å². The van der Waals surface area contributed by atoms with Crippen LogP contribution in [-0.4, -0.2) is 31.1 Å². The van der Waals surface area contributed by atoms with E-state index in [1.807, 2.05) is 26.0 Å². The Morgan fingerprint density at radius 2 is 1.74 bits per heavy atom. The number of hydrogen-bond donors (Lipinski definition) is 0. The molecule has 0 bridgehead atoms. The van der Waals surface area contributed by atoms with E-state index >= 15 is 0 Å². The second-order valence-corrected chi connectivity index (χ2v) is 6.06. The van der Waals surface area contributed by atoms with Crippen LogP contribution in [0.1, 0.15) is 30.6 Å². The standard InChI is InChI=1S/C21H22N2O4/c1-16(2)27-19-11-9-17(10-12-19)21(25)26-15-20(24)23(14-6-13-22)18-7-4-3-5-8-18/h3-5,7-12,16H,6,14-15H2,1-2H3. The first-order valence-corrected chi connectivity index (χ1v) is 8.67. The number of ether oxygens (including phenoxy) is 2. The van der Waals surface area contributed by atoms with Crippen molar-refractivity contribution in [2.45, 2.75) is 26.4 Å². The van der Waals surface area contributed by atoms with E-state index in [0.717, 1.165) is 0 Å². The third-order valence-corrected chi connectivity index (χ3v) is 3.60. The molecule has 2 aromatic carbocycles. The molecule has 0 fully saturated rings. The SMILES string of the molecule is CC(C)Oc1ccc(C(=O)OCC(=O)N(CCC#N)c2ccccc2)cc1. The van der Waals surface area contributed by atoms with Crippen LogP contribution in [0.5, 0.6) is 5.75 Å². The number of benzene rings is 2. The smallest absolute Gasteiger partial charge is 0.338 e. The molecule has 0 N–H and O–H groups in total. The van der Waals surface area contributed by atoms with Crippen molar-refractivity contribution >= 4 is 17.6 Å². The average molecular weight is 366 g/mol. The van der Waals surface area contributed by atoms with E-state index in [2.05, 4.69) is 0 Å². The largest absolute Gasteiger partial charge is 0.491 e. The summed E-state index contributed by atoms with van der Waals surface area (Å²) in [6.07, 6.45) is 0.226. The van der Waals surface area contributed by atoms with Crippen molar-refractivity contribution in [1.29, 1.82) is 5.26 Å². The fourth-order valence-electron chi connectivity index (χ4n) is 2.40. The molecule has 27 heavy (non-hydrogen) atoms. The van der Waals surface area contributed by atoms with Gasteiger partial charge >= 0.3 is 5.97 Å². The molecule has 0 aromatic heterocycles. The second-order valence-electron chi connectivity index (χ2n) is 6.06. The predicted octanol–water partition coefficient (Wildman–Crippen LogP) is 3.58. The van der Waals surface area contributed by atoms with Crippen molar-refractivity contribution in [3.8, 4) is 11.8 Å². The van der Waals surface area contributed by atoms with Crippen molar-refractivity contribution in [1.82, 2.24) is 0 Å². The van der Waals surface area contributed by atoms with E-state index in [1.54, 1.807) is 48.5 Å². The highest BCUT2D eigenvalue weighted by Crippen LogP contribution is 2.16. The Morgan fingerprint density at radius 1 is 1.07 bits per heavy atom. The molecule has 0 aliphatic carbocycles. The Bertz CT molecular complexity index is 795. The molecule has 140 valence electrons. The summed E-state index contributed by atoms with van der Waals surface area (Å²) >= 11 is 0. The van der Waals surface area contributed by atoms with E-state index in [0.29, 0.717) is 17.0 Å². The van der Waals surface area contributed by atoms with Gasteiger partial charge < -0.3 is 14.4 Å². The minimum absolute atomic E-state index is 0.0396. The van der Waals surface area contributed by atoms with Gasteiger partial charge in [-0.25, -0.2) is 4.79 Å². The molecular weight excluding hydrogens is 344 g/mol.